The van der Waals surface area contributed by atoms with Crippen LogP contribution in [0.4, 0.5) is 11.4 Å². The molecule has 0 heterocycles. The Balaban J connectivity index is 1.68. The van der Waals surface area contributed by atoms with E-state index in [1.165, 1.54) is 6.92 Å². The maximum atomic E-state index is 11.1. The number of terminal acetylenes is 1. The molecule has 0 fully saturated rings. The average molecular weight is 367 g/mol. The van der Waals surface area contributed by atoms with Crippen molar-refractivity contribution in [3.8, 4) is 18.1 Å². The number of amides is 1. The number of ether oxygens (including phenoxy) is 1. The number of nitrogens with one attached hydrogen (secondary N) is 3. The van der Waals surface area contributed by atoms with Crippen LogP contribution in [0.3, 0.4) is 0 Å². The molecule has 0 aromatic heterocycles. The Morgan fingerprint density at radius 1 is 1.15 bits per heavy atom. The van der Waals surface area contributed by atoms with Crippen molar-refractivity contribution in [3.63, 3.8) is 0 Å². The van der Waals surface area contributed by atoms with Crippen molar-refractivity contribution in [1.29, 1.82) is 0 Å². The molecule has 0 saturated carbocycles. The zero-order valence-corrected chi connectivity index (χ0v) is 15.4. The van der Waals surface area contributed by atoms with Gasteiger partial charge in [0.2, 0.25) is 5.91 Å². The van der Waals surface area contributed by atoms with Crippen LogP contribution < -0.4 is 20.7 Å². The molecule has 2 aromatic rings. The van der Waals surface area contributed by atoms with Crippen LogP contribution in [0.1, 0.15) is 18.9 Å². The van der Waals surface area contributed by atoms with Gasteiger partial charge in [0, 0.05) is 36.5 Å². The van der Waals surface area contributed by atoms with Crippen molar-refractivity contribution in [2.45, 2.75) is 13.3 Å². The normalized spacial score (nSPS) is 9.69. The van der Waals surface area contributed by atoms with Crippen LogP contribution in [0.15, 0.2) is 48.5 Å². The summed E-state index contributed by atoms with van der Waals surface area (Å²) in [7, 11) is 0. The Labute approximate surface area is 159 Å². The minimum Gasteiger partial charge on any atom is -0.493 e. The van der Waals surface area contributed by atoms with Gasteiger partial charge in [0.1, 0.15) is 5.75 Å². The van der Waals surface area contributed by atoms with Crippen molar-refractivity contribution in [2.24, 2.45) is 0 Å². The van der Waals surface area contributed by atoms with Gasteiger partial charge in [-0.1, -0.05) is 18.1 Å². The molecule has 0 saturated heterocycles. The highest BCUT2D eigenvalue weighted by Crippen LogP contribution is 2.17. The third kappa shape index (κ3) is 6.83. The minimum atomic E-state index is -0.111. The molecule has 0 unspecified atom stereocenters. The molecular weight excluding hydrogens is 346 g/mol. The van der Waals surface area contributed by atoms with E-state index in [1.807, 2.05) is 42.5 Å². The molecule has 0 aliphatic heterocycles. The Morgan fingerprint density at radius 3 is 2.62 bits per heavy atom. The third-order valence-corrected chi connectivity index (χ3v) is 3.56. The second-order valence-electron chi connectivity index (χ2n) is 5.52. The Hall–Kier alpha value is -3.04. The molecule has 0 radical (unpaired) electrons. The molecule has 0 aliphatic carbocycles. The molecular formula is C20H21N3O2S. The van der Waals surface area contributed by atoms with Gasteiger partial charge in [0.05, 0.1) is 6.61 Å². The van der Waals surface area contributed by atoms with E-state index in [-0.39, 0.29) is 5.91 Å². The quantitative estimate of drug-likeness (QED) is 0.398. The summed E-state index contributed by atoms with van der Waals surface area (Å²) in [6, 6.07) is 14.8. The van der Waals surface area contributed by atoms with E-state index >= 15 is 0 Å². The molecule has 0 spiro atoms. The highest BCUT2D eigenvalue weighted by Gasteiger charge is 2.00. The standard InChI is InChI=1S/C20H21N3O2S/c1-3-16-7-4-8-17(13-16)23-20(26)21-11-6-12-25-19-10-5-9-18(14-19)22-15(2)24/h1,4-5,7-10,13-14H,6,11-12H2,2H3,(H,22,24)(H2,21,23,26). The monoisotopic (exact) mass is 367 g/mol. The number of carbonyl (C=O) groups is 1. The highest BCUT2D eigenvalue weighted by molar-refractivity contribution is 7.80. The minimum absolute atomic E-state index is 0.111. The van der Waals surface area contributed by atoms with Crippen molar-refractivity contribution in [2.75, 3.05) is 23.8 Å². The first-order valence-electron chi connectivity index (χ1n) is 8.19. The van der Waals surface area contributed by atoms with E-state index in [2.05, 4.69) is 21.9 Å². The number of rotatable bonds is 7. The lowest BCUT2D eigenvalue weighted by atomic mass is 10.2. The van der Waals surface area contributed by atoms with E-state index in [0.29, 0.717) is 29.7 Å². The second kappa shape index (κ2) is 10.1. The SMILES string of the molecule is C#Cc1cccc(NC(=S)NCCCOc2cccc(NC(C)=O)c2)c1. The maximum Gasteiger partial charge on any atom is 0.221 e. The van der Waals surface area contributed by atoms with E-state index < -0.39 is 0 Å². The van der Waals surface area contributed by atoms with E-state index in [9.17, 15) is 4.79 Å². The van der Waals surface area contributed by atoms with Gasteiger partial charge in [-0.25, -0.2) is 0 Å². The smallest absolute Gasteiger partial charge is 0.221 e. The summed E-state index contributed by atoms with van der Waals surface area (Å²) in [5.74, 6) is 3.19. The second-order valence-corrected chi connectivity index (χ2v) is 5.93. The lowest BCUT2D eigenvalue weighted by Gasteiger charge is -2.11. The number of benzene rings is 2. The lowest BCUT2D eigenvalue weighted by Crippen LogP contribution is -2.30. The Kier molecular flexibility index (Phi) is 7.47. The van der Waals surface area contributed by atoms with Crippen LogP contribution in [0.2, 0.25) is 0 Å². The van der Waals surface area contributed by atoms with Crippen LogP contribution >= 0.6 is 12.2 Å². The van der Waals surface area contributed by atoms with Gasteiger partial charge >= 0.3 is 0 Å². The molecule has 2 aromatic carbocycles. The third-order valence-electron chi connectivity index (χ3n) is 3.32. The molecule has 26 heavy (non-hydrogen) atoms. The molecule has 6 heteroatoms. The molecule has 0 aliphatic rings. The van der Waals surface area contributed by atoms with Gasteiger partial charge in [0.15, 0.2) is 5.11 Å². The summed E-state index contributed by atoms with van der Waals surface area (Å²) in [5.41, 5.74) is 2.37. The number of hydrogen-bond acceptors (Lipinski definition) is 3. The van der Waals surface area contributed by atoms with E-state index in [0.717, 1.165) is 17.7 Å². The highest BCUT2D eigenvalue weighted by atomic mass is 32.1. The molecule has 0 bridgehead atoms. The van der Waals surface area contributed by atoms with Crippen LogP contribution in [-0.2, 0) is 4.79 Å². The lowest BCUT2D eigenvalue weighted by molar-refractivity contribution is -0.114. The molecule has 5 nitrogen and oxygen atoms in total. The molecule has 0 atom stereocenters. The number of carbonyl (C=O) groups excluding carboxylic acids is 1. The average Bonchev–Trinajstić information content (AvgIpc) is 2.61. The maximum absolute atomic E-state index is 11.1. The zero-order valence-electron chi connectivity index (χ0n) is 14.5. The van der Waals surface area contributed by atoms with Crippen LogP contribution in [0.25, 0.3) is 0 Å². The predicted octanol–water partition coefficient (Wildman–Crippen LogP) is 3.38. The van der Waals surface area contributed by atoms with E-state index in [4.69, 9.17) is 23.4 Å². The molecule has 2 rings (SSSR count). The predicted molar refractivity (Wildman–Crippen MR) is 109 cm³/mol. The summed E-state index contributed by atoms with van der Waals surface area (Å²) < 4.78 is 5.68. The van der Waals surface area contributed by atoms with Crippen molar-refractivity contribution < 1.29 is 9.53 Å². The first kappa shape index (κ1) is 19.3. The fraction of sp³-hybridized carbons (Fsp3) is 0.200. The number of anilines is 2. The van der Waals surface area contributed by atoms with Crippen molar-refractivity contribution in [3.05, 3.63) is 54.1 Å². The summed E-state index contributed by atoms with van der Waals surface area (Å²) in [5, 5.41) is 9.48. The van der Waals surface area contributed by atoms with Gasteiger partial charge in [-0.3, -0.25) is 4.79 Å². The van der Waals surface area contributed by atoms with Gasteiger partial charge in [-0.05, 0) is 49.0 Å². The van der Waals surface area contributed by atoms with Crippen molar-refractivity contribution in [1.82, 2.24) is 5.32 Å². The van der Waals surface area contributed by atoms with Gasteiger partial charge in [0.25, 0.3) is 0 Å². The van der Waals surface area contributed by atoms with Gasteiger partial charge < -0.3 is 20.7 Å². The van der Waals surface area contributed by atoms with E-state index in [1.54, 1.807) is 6.07 Å². The summed E-state index contributed by atoms with van der Waals surface area (Å²) >= 11 is 5.26. The first-order chi connectivity index (χ1) is 12.6. The zero-order chi connectivity index (χ0) is 18.8. The fourth-order valence-electron chi connectivity index (χ4n) is 2.19. The van der Waals surface area contributed by atoms with Crippen molar-refractivity contribution >= 4 is 34.6 Å². The van der Waals surface area contributed by atoms with Gasteiger partial charge in [-0.2, -0.15) is 0 Å². The van der Waals surface area contributed by atoms with Crippen LogP contribution in [0, 0.1) is 12.3 Å². The number of hydrogen-bond donors (Lipinski definition) is 3. The number of thiocarbonyl (C=S) groups is 1. The largest absolute Gasteiger partial charge is 0.493 e. The van der Waals surface area contributed by atoms with Gasteiger partial charge in [-0.15, -0.1) is 6.42 Å². The van der Waals surface area contributed by atoms with Crippen LogP contribution in [-0.4, -0.2) is 24.2 Å². The molecule has 134 valence electrons. The summed E-state index contributed by atoms with van der Waals surface area (Å²) in [4.78, 5) is 11.1. The first-order valence-corrected chi connectivity index (χ1v) is 8.59. The summed E-state index contributed by atoms with van der Waals surface area (Å²) in [6.07, 6.45) is 6.16. The topological polar surface area (TPSA) is 62.4 Å². The van der Waals surface area contributed by atoms with Crippen LogP contribution in [0.5, 0.6) is 5.75 Å². The molecule has 3 N–H and O–H groups in total. The fourth-order valence-corrected chi connectivity index (χ4v) is 2.41. The Morgan fingerprint density at radius 2 is 1.88 bits per heavy atom. The summed E-state index contributed by atoms with van der Waals surface area (Å²) in [6.45, 7) is 2.68. The Bertz CT molecular complexity index is 815. The molecule has 1 amide bonds.